The third-order valence-corrected chi connectivity index (χ3v) is 6.03. The van der Waals surface area contributed by atoms with Gasteiger partial charge in [-0.15, -0.1) is 11.8 Å². The first kappa shape index (κ1) is 18.9. The summed E-state index contributed by atoms with van der Waals surface area (Å²) in [5, 5.41) is 0. The molecule has 0 aliphatic carbocycles. The molecule has 1 saturated heterocycles. The quantitative estimate of drug-likeness (QED) is 0.467. The smallest absolute Gasteiger partial charge is 0.233 e. The molecular weight excluding hydrogens is 368 g/mol. The van der Waals surface area contributed by atoms with Crippen LogP contribution in [0.5, 0.6) is 0 Å². The van der Waals surface area contributed by atoms with Crippen LogP contribution in [0.15, 0.2) is 66.0 Å². The number of carbonyl (C=O) groups excluding carboxylic acids is 1. The Morgan fingerprint density at radius 1 is 1.14 bits per heavy atom. The van der Waals surface area contributed by atoms with Crippen LogP contribution >= 0.6 is 11.8 Å². The first-order valence-electron chi connectivity index (χ1n) is 9.59. The summed E-state index contributed by atoms with van der Waals surface area (Å²) in [6.45, 7) is 2.59. The van der Waals surface area contributed by atoms with E-state index in [0.29, 0.717) is 5.95 Å². The standard InChI is InChI=1S/C22H24N4OS/c1-28-20-10-3-2-9-19(20)21(27)17-7-4-13-25(15-17)16-18-8-5-14-26(18)22-23-11-6-12-24-22/h2-3,5-6,8-12,14,17H,4,7,13,15-16H2,1H3. The highest BCUT2D eigenvalue weighted by atomic mass is 32.2. The molecule has 4 rings (SSSR count). The number of Topliss-reactive ketones (excluding diaryl/α,β-unsaturated/α-hetero) is 1. The molecule has 1 unspecified atom stereocenters. The summed E-state index contributed by atoms with van der Waals surface area (Å²) in [6.07, 6.45) is 9.53. The number of aromatic nitrogens is 3. The monoisotopic (exact) mass is 392 g/mol. The zero-order valence-corrected chi connectivity index (χ0v) is 16.8. The minimum Gasteiger partial charge on any atom is -0.297 e. The predicted octanol–water partition coefficient (Wildman–Crippen LogP) is 4.08. The molecule has 1 aromatic carbocycles. The van der Waals surface area contributed by atoms with E-state index in [-0.39, 0.29) is 11.7 Å². The largest absolute Gasteiger partial charge is 0.297 e. The van der Waals surface area contributed by atoms with Gasteiger partial charge in [-0.3, -0.25) is 14.3 Å². The lowest BCUT2D eigenvalue weighted by Gasteiger charge is -2.32. The number of nitrogens with zero attached hydrogens (tertiary/aromatic N) is 4. The first-order valence-corrected chi connectivity index (χ1v) is 10.8. The maximum Gasteiger partial charge on any atom is 0.233 e. The SMILES string of the molecule is CSc1ccccc1C(=O)C1CCCN(Cc2cccn2-c2ncccn2)C1. The third kappa shape index (κ3) is 4.03. The molecule has 144 valence electrons. The molecular formula is C22H24N4OS. The Labute approximate surface area is 169 Å². The zero-order chi connectivity index (χ0) is 19.3. The maximum atomic E-state index is 13.2. The van der Waals surface area contributed by atoms with E-state index in [1.54, 1.807) is 24.2 Å². The van der Waals surface area contributed by atoms with Gasteiger partial charge >= 0.3 is 0 Å². The van der Waals surface area contributed by atoms with Crippen molar-refractivity contribution in [2.24, 2.45) is 5.92 Å². The summed E-state index contributed by atoms with van der Waals surface area (Å²) in [5.74, 6) is 1.01. The van der Waals surface area contributed by atoms with Crippen molar-refractivity contribution in [3.63, 3.8) is 0 Å². The van der Waals surface area contributed by atoms with Crippen LogP contribution in [0.2, 0.25) is 0 Å². The van der Waals surface area contributed by atoms with Gasteiger partial charge in [-0.05, 0) is 49.9 Å². The predicted molar refractivity (Wildman–Crippen MR) is 112 cm³/mol. The van der Waals surface area contributed by atoms with Crippen LogP contribution in [-0.4, -0.2) is 44.6 Å². The van der Waals surface area contributed by atoms with Gasteiger partial charge in [0.15, 0.2) is 5.78 Å². The molecule has 0 bridgehead atoms. The Morgan fingerprint density at radius 3 is 2.79 bits per heavy atom. The molecule has 1 aliphatic heterocycles. The van der Waals surface area contributed by atoms with Gasteiger partial charge in [0.25, 0.3) is 0 Å². The van der Waals surface area contributed by atoms with Crippen molar-refractivity contribution in [2.75, 3.05) is 19.3 Å². The van der Waals surface area contributed by atoms with Crippen LogP contribution in [0, 0.1) is 5.92 Å². The fourth-order valence-electron chi connectivity index (χ4n) is 3.87. The van der Waals surface area contributed by atoms with E-state index >= 15 is 0 Å². The van der Waals surface area contributed by atoms with Crippen molar-refractivity contribution in [2.45, 2.75) is 24.3 Å². The van der Waals surface area contributed by atoms with Gasteiger partial charge in [0.2, 0.25) is 5.95 Å². The number of hydrogen-bond acceptors (Lipinski definition) is 5. The highest BCUT2D eigenvalue weighted by molar-refractivity contribution is 7.98. The number of hydrogen-bond donors (Lipinski definition) is 0. The summed E-state index contributed by atoms with van der Waals surface area (Å²) in [6, 6.07) is 13.9. The molecule has 1 aliphatic rings. The minimum atomic E-state index is 0.0541. The molecule has 0 spiro atoms. The normalized spacial score (nSPS) is 17.5. The van der Waals surface area contributed by atoms with Crippen LogP contribution in [-0.2, 0) is 6.54 Å². The number of ketones is 1. The maximum absolute atomic E-state index is 13.2. The van der Waals surface area contributed by atoms with Gasteiger partial charge in [-0.25, -0.2) is 9.97 Å². The fourth-order valence-corrected chi connectivity index (χ4v) is 4.47. The molecule has 1 fully saturated rings. The van der Waals surface area contributed by atoms with Crippen molar-refractivity contribution < 1.29 is 4.79 Å². The summed E-state index contributed by atoms with van der Waals surface area (Å²) >= 11 is 1.64. The van der Waals surface area contributed by atoms with Crippen molar-refractivity contribution >= 4 is 17.5 Å². The second-order valence-electron chi connectivity index (χ2n) is 7.06. The Kier molecular flexibility index (Phi) is 5.88. The Bertz CT molecular complexity index is 940. The second-order valence-corrected chi connectivity index (χ2v) is 7.91. The van der Waals surface area contributed by atoms with Gasteiger partial charge in [-0.1, -0.05) is 18.2 Å². The molecule has 6 heteroatoms. The van der Waals surface area contributed by atoms with Crippen LogP contribution in [0.25, 0.3) is 5.95 Å². The molecule has 1 atom stereocenters. The third-order valence-electron chi connectivity index (χ3n) is 5.24. The summed E-state index contributed by atoms with van der Waals surface area (Å²) in [4.78, 5) is 25.3. The van der Waals surface area contributed by atoms with Crippen molar-refractivity contribution in [3.05, 3.63) is 72.3 Å². The van der Waals surface area contributed by atoms with E-state index in [4.69, 9.17) is 0 Å². The Balaban J connectivity index is 1.48. The van der Waals surface area contributed by atoms with Gasteiger partial charge in [-0.2, -0.15) is 0 Å². The van der Waals surface area contributed by atoms with Crippen LogP contribution < -0.4 is 0 Å². The van der Waals surface area contributed by atoms with Crippen molar-refractivity contribution in [1.82, 2.24) is 19.4 Å². The molecule has 0 amide bonds. The second kappa shape index (κ2) is 8.71. The van der Waals surface area contributed by atoms with Crippen LogP contribution in [0.3, 0.4) is 0 Å². The zero-order valence-electron chi connectivity index (χ0n) is 16.0. The van der Waals surface area contributed by atoms with Gasteiger partial charge < -0.3 is 0 Å². The minimum absolute atomic E-state index is 0.0541. The lowest BCUT2D eigenvalue weighted by Crippen LogP contribution is -2.38. The molecule has 3 aromatic rings. The number of carbonyl (C=O) groups is 1. The van der Waals surface area contributed by atoms with E-state index in [1.165, 1.54) is 0 Å². The summed E-state index contributed by atoms with van der Waals surface area (Å²) in [7, 11) is 0. The highest BCUT2D eigenvalue weighted by Gasteiger charge is 2.28. The number of likely N-dealkylation sites (tertiary alicyclic amines) is 1. The summed E-state index contributed by atoms with van der Waals surface area (Å²) < 4.78 is 2.02. The van der Waals surface area contributed by atoms with Gasteiger partial charge in [0, 0.05) is 53.8 Å². The van der Waals surface area contributed by atoms with E-state index in [1.807, 2.05) is 53.4 Å². The van der Waals surface area contributed by atoms with E-state index in [9.17, 15) is 4.79 Å². The van der Waals surface area contributed by atoms with Gasteiger partial charge in [0.1, 0.15) is 0 Å². The molecule has 3 heterocycles. The van der Waals surface area contributed by atoms with Crippen LogP contribution in [0.4, 0.5) is 0 Å². The number of benzene rings is 1. The van der Waals surface area contributed by atoms with Crippen molar-refractivity contribution in [1.29, 1.82) is 0 Å². The lowest BCUT2D eigenvalue weighted by molar-refractivity contribution is 0.0806. The Morgan fingerprint density at radius 2 is 1.96 bits per heavy atom. The average molecular weight is 393 g/mol. The van der Waals surface area contributed by atoms with Crippen molar-refractivity contribution in [3.8, 4) is 5.95 Å². The van der Waals surface area contributed by atoms with E-state index < -0.39 is 0 Å². The molecule has 0 radical (unpaired) electrons. The fraction of sp³-hybridized carbons (Fsp3) is 0.318. The van der Waals surface area contributed by atoms with Gasteiger partial charge in [0.05, 0.1) is 0 Å². The Hall–Kier alpha value is -2.44. The molecule has 0 saturated carbocycles. The molecule has 5 nitrogen and oxygen atoms in total. The number of piperidine rings is 1. The molecule has 0 N–H and O–H groups in total. The number of thioether (sulfide) groups is 1. The summed E-state index contributed by atoms with van der Waals surface area (Å²) in [5.41, 5.74) is 2.01. The number of rotatable bonds is 6. The van der Waals surface area contributed by atoms with E-state index in [0.717, 1.165) is 48.6 Å². The lowest BCUT2D eigenvalue weighted by atomic mass is 9.90. The highest BCUT2D eigenvalue weighted by Crippen LogP contribution is 2.27. The van der Waals surface area contributed by atoms with Crippen LogP contribution in [0.1, 0.15) is 28.9 Å². The van der Waals surface area contributed by atoms with E-state index in [2.05, 4.69) is 20.9 Å². The topological polar surface area (TPSA) is 51.0 Å². The first-order chi connectivity index (χ1) is 13.8. The molecule has 2 aromatic heterocycles. The average Bonchev–Trinajstić information content (AvgIpc) is 3.22. The molecule has 28 heavy (non-hydrogen) atoms.